The predicted molar refractivity (Wildman–Crippen MR) is 84.5 cm³/mol. The molecule has 1 aromatic carbocycles. The molecule has 0 heterocycles. The van der Waals surface area contributed by atoms with Crippen LogP contribution in [0.15, 0.2) is 24.3 Å². The number of carboxylic acid groups (broad SMARTS) is 1. The molecular formula is C19H22O3. The summed E-state index contributed by atoms with van der Waals surface area (Å²) in [6.07, 6.45) is 3.11. The van der Waals surface area contributed by atoms with Gasteiger partial charge in [-0.15, -0.1) is 0 Å². The van der Waals surface area contributed by atoms with Crippen molar-refractivity contribution in [2.45, 2.75) is 45.6 Å². The molecule has 2 saturated carbocycles. The van der Waals surface area contributed by atoms with E-state index in [1.807, 2.05) is 0 Å². The van der Waals surface area contributed by atoms with E-state index in [4.69, 9.17) is 0 Å². The Labute approximate surface area is 131 Å². The van der Waals surface area contributed by atoms with Gasteiger partial charge in [-0.1, -0.05) is 44.7 Å². The zero-order chi connectivity index (χ0) is 16.2. The topological polar surface area (TPSA) is 57.5 Å². The third kappa shape index (κ3) is 1.84. The van der Waals surface area contributed by atoms with Crippen LogP contribution in [0.25, 0.3) is 0 Å². The fourth-order valence-corrected chi connectivity index (χ4v) is 4.51. The van der Waals surface area contributed by atoms with Crippen LogP contribution in [0.1, 0.15) is 56.0 Å². The molecule has 2 N–H and O–H groups in total. The maximum atomic E-state index is 11.3. The summed E-state index contributed by atoms with van der Waals surface area (Å²) in [4.78, 5) is 11.3. The molecule has 0 aromatic heterocycles. The average Bonchev–Trinajstić information content (AvgIpc) is 2.94. The lowest BCUT2D eigenvalue weighted by Crippen LogP contribution is -2.53. The molecule has 0 spiro atoms. The van der Waals surface area contributed by atoms with E-state index >= 15 is 0 Å². The normalized spacial score (nSPS) is 35.0. The largest absolute Gasteiger partial charge is 0.478 e. The fraction of sp³-hybridized carbons (Fsp3) is 0.526. The Kier molecular flexibility index (Phi) is 3.16. The van der Waals surface area contributed by atoms with Crippen LogP contribution in [0.2, 0.25) is 0 Å². The van der Waals surface area contributed by atoms with E-state index in [9.17, 15) is 15.0 Å². The van der Waals surface area contributed by atoms with Gasteiger partial charge in [0.05, 0.1) is 5.56 Å². The highest BCUT2D eigenvalue weighted by molar-refractivity contribution is 5.90. The van der Waals surface area contributed by atoms with E-state index in [1.54, 1.807) is 24.3 Å². The lowest BCUT2D eigenvalue weighted by atomic mass is 9.60. The van der Waals surface area contributed by atoms with Crippen LogP contribution < -0.4 is 0 Å². The van der Waals surface area contributed by atoms with Gasteiger partial charge in [0.25, 0.3) is 0 Å². The van der Waals surface area contributed by atoms with Crippen LogP contribution in [-0.2, 0) is 0 Å². The highest BCUT2D eigenvalue weighted by atomic mass is 16.4. The summed E-state index contributed by atoms with van der Waals surface area (Å²) < 4.78 is 0. The standard InChI is InChI=1S/C19H22O3/c1-17(2)14-9-10-18(3,12-14)19(17,22)11-8-13-6-4-5-7-15(13)16(20)21/h4-7,14,22H,9-10,12H2,1-3H3,(H,20,21). The van der Waals surface area contributed by atoms with Gasteiger partial charge in [0.15, 0.2) is 0 Å². The lowest BCUT2D eigenvalue weighted by Gasteiger charge is -2.47. The summed E-state index contributed by atoms with van der Waals surface area (Å²) >= 11 is 0. The molecule has 3 unspecified atom stereocenters. The number of aromatic carboxylic acids is 1. The first-order valence-electron chi connectivity index (χ1n) is 7.79. The van der Waals surface area contributed by atoms with Crippen molar-refractivity contribution in [2.24, 2.45) is 16.7 Å². The Morgan fingerprint density at radius 1 is 1.27 bits per heavy atom. The second-order valence-corrected chi connectivity index (χ2v) is 7.53. The van der Waals surface area contributed by atoms with E-state index in [2.05, 4.69) is 32.6 Å². The number of hydrogen-bond donors (Lipinski definition) is 2. The van der Waals surface area contributed by atoms with Gasteiger partial charge in [-0.2, -0.15) is 0 Å². The molecule has 3 heteroatoms. The fourth-order valence-electron chi connectivity index (χ4n) is 4.51. The van der Waals surface area contributed by atoms with E-state index in [0.717, 1.165) is 19.3 Å². The number of benzene rings is 1. The van der Waals surface area contributed by atoms with Gasteiger partial charge < -0.3 is 10.2 Å². The van der Waals surface area contributed by atoms with Gasteiger partial charge in [-0.05, 0) is 37.3 Å². The monoisotopic (exact) mass is 298 g/mol. The maximum absolute atomic E-state index is 11.3. The van der Waals surface area contributed by atoms with Gasteiger partial charge >= 0.3 is 5.97 Å². The van der Waals surface area contributed by atoms with Crippen molar-refractivity contribution in [3.05, 3.63) is 35.4 Å². The molecule has 2 fully saturated rings. The zero-order valence-electron chi connectivity index (χ0n) is 13.3. The average molecular weight is 298 g/mol. The molecule has 2 bridgehead atoms. The van der Waals surface area contributed by atoms with E-state index in [0.29, 0.717) is 11.5 Å². The molecule has 3 nitrogen and oxygen atoms in total. The molecule has 0 aliphatic heterocycles. The Bertz CT molecular complexity index is 687. The van der Waals surface area contributed by atoms with Crippen LogP contribution in [0.5, 0.6) is 0 Å². The third-order valence-corrected chi connectivity index (χ3v) is 6.10. The van der Waals surface area contributed by atoms with E-state index in [-0.39, 0.29) is 16.4 Å². The smallest absolute Gasteiger partial charge is 0.336 e. The molecule has 22 heavy (non-hydrogen) atoms. The second kappa shape index (κ2) is 4.60. The molecule has 2 aliphatic carbocycles. The van der Waals surface area contributed by atoms with Crippen LogP contribution in [0.4, 0.5) is 0 Å². The number of hydrogen-bond acceptors (Lipinski definition) is 2. The Hall–Kier alpha value is -1.79. The number of fused-ring (bicyclic) bond motifs is 2. The van der Waals surface area contributed by atoms with Crippen LogP contribution in [0, 0.1) is 28.6 Å². The molecular weight excluding hydrogens is 276 g/mol. The van der Waals surface area contributed by atoms with Gasteiger partial charge in [-0.25, -0.2) is 4.79 Å². The van der Waals surface area contributed by atoms with Crippen molar-refractivity contribution in [3.8, 4) is 11.8 Å². The van der Waals surface area contributed by atoms with Crippen LogP contribution in [0.3, 0.4) is 0 Å². The van der Waals surface area contributed by atoms with Gasteiger partial charge in [0, 0.05) is 16.4 Å². The Morgan fingerprint density at radius 2 is 1.95 bits per heavy atom. The minimum absolute atomic E-state index is 0.185. The summed E-state index contributed by atoms with van der Waals surface area (Å²) in [6, 6.07) is 6.70. The first kappa shape index (κ1) is 15.1. The van der Waals surface area contributed by atoms with E-state index in [1.165, 1.54) is 0 Å². The minimum atomic E-state index is -1.07. The van der Waals surface area contributed by atoms with E-state index < -0.39 is 11.6 Å². The van der Waals surface area contributed by atoms with Crippen molar-refractivity contribution in [3.63, 3.8) is 0 Å². The van der Waals surface area contributed by atoms with Crippen LogP contribution >= 0.6 is 0 Å². The summed E-state index contributed by atoms with van der Waals surface area (Å²) in [5.41, 5.74) is -0.901. The quantitative estimate of drug-likeness (QED) is 0.782. The first-order valence-corrected chi connectivity index (χ1v) is 7.79. The van der Waals surface area contributed by atoms with Crippen molar-refractivity contribution >= 4 is 5.97 Å². The molecule has 0 radical (unpaired) electrons. The summed E-state index contributed by atoms with van der Waals surface area (Å²) in [5, 5.41) is 20.6. The first-order chi connectivity index (χ1) is 10.2. The lowest BCUT2D eigenvalue weighted by molar-refractivity contribution is -0.0953. The summed E-state index contributed by atoms with van der Waals surface area (Å²) in [6.45, 7) is 6.28. The van der Waals surface area contributed by atoms with Crippen molar-refractivity contribution in [1.29, 1.82) is 0 Å². The Morgan fingerprint density at radius 3 is 2.55 bits per heavy atom. The molecule has 0 saturated heterocycles. The third-order valence-electron chi connectivity index (χ3n) is 6.10. The molecule has 0 amide bonds. The van der Waals surface area contributed by atoms with Gasteiger partial charge in [-0.3, -0.25) is 0 Å². The summed E-state index contributed by atoms with van der Waals surface area (Å²) in [5.74, 6) is 5.52. The SMILES string of the molecule is CC12CCC(C1)C(C)(C)C2(O)C#Cc1ccccc1C(=O)O. The predicted octanol–water partition coefficient (Wildman–Crippen LogP) is 3.31. The van der Waals surface area contributed by atoms with Crippen molar-refractivity contribution in [1.82, 2.24) is 0 Å². The minimum Gasteiger partial charge on any atom is -0.478 e. The van der Waals surface area contributed by atoms with Crippen molar-refractivity contribution < 1.29 is 15.0 Å². The highest BCUT2D eigenvalue weighted by Gasteiger charge is 2.68. The molecule has 116 valence electrons. The summed E-state index contributed by atoms with van der Waals surface area (Å²) in [7, 11) is 0. The number of carbonyl (C=O) groups is 1. The number of carboxylic acids is 1. The Balaban J connectivity index is 2.06. The zero-order valence-corrected chi connectivity index (χ0v) is 13.3. The second-order valence-electron chi connectivity index (χ2n) is 7.53. The molecule has 2 aliphatic rings. The van der Waals surface area contributed by atoms with Gasteiger partial charge in [0.1, 0.15) is 5.60 Å². The molecule has 3 atom stereocenters. The molecule has 1 aromatic rings. The number of rotatable bonds is 1. The van der Waals surface area contributed by atoms with Crippen molar-refractivity contribution in [2.75, 3.05) is 0 Å². The highest BCUT2D eigenvalue weighted by Crippen LogP contribution is 2.67. The van der Waals surface area contributed by atoms with Gasteiger partial charge in [0.2, 0.25) is 0 Å². The maximum Gasteiger partial charge on any atom is 0.336 e. The number of aliphatic hydroxyl groups is 1. The molecule has 3 rings (SSSR count). The van der Waals surface area contributed by atoms with Crippen LogP contribution in [-0.4, -0.2) is 21.8 Å².